The van der Waals surface area contributed by atoms with Gasteiger partial charge in [-0.15, -0.1) is 0 Å². The van der Waals surface area contributed by atoms with Crippen molar-refractivity contribution in [1.82, 2.24) is 5.32 Å². The number of hydrogen-bond acceptors (Lipinski definition) is 12. The van der Waals surface area contributed by atoms with E-state index in [-0.39, 0.29) is 51.8 Å². The van der Waals surface area contributed by atoms with Gasteiger partial charge < -0.3 is 48.3 Å². The molecule has 0 fully saturated rings. The number of esters is 2. The first-order valence-corrected chi connectivity index (χ1v) is 16.1. The van der Waals surface area contributed by atoms with Crippen LogP contribution in [-0.2, 0) is 33.3 Å². The van der Waals surface area contributed by atoms with Crippen molar-refractivity contribution in [2.75, 3.05) is 66.0 Å². The Kier molecular flexibility index (Phi) is 20.3. The van der Waals surface area contributed by atoms with Crippen LogP contribution in [0.5, 0.6) is 17.2 Å². The van der Waals surface area contributed by atoms with E-state index in [0.29, 0.717) is 55.4 Å². The molecule has 0 saturated heterocycles. The number of unbranched alkanes of at least 4 members (excludes halogenated alkanes) is 2. The third kappa shape index (κ3) is 19.7. The summed E-state index contributed by atoms with van der Waals surface area (Å²) in [5, 5.41) is 12.6. The first-order chi connectivity index (χ1) is 23.6. The fraction of sp³-hybridized carbons (Fsp3) is 0.472. The van der Waals surface area contributed by atoms with Crippen LogP contribution < -0.4 is 19.5 Å². The maximum Gasteiger partial charge on any atom is 0.407 e. The van der Waals surface area contributed by atoms with Crippen LogP contribution in [0.4, 0.5) is 4.79 Å². The van der Waals surface area contributed by atoms with Gasteiger partial charge in [-0.2, -0.15) is 0 Å². The van der Waals surface area contributed by atoms with Gasteiger partial charge in [0, 0.05) is 17.7 Å². The fourth-order valence-electron chi connectivity index (χ4n) is 3.74. The average Bonchev–Trinajstić information content (AvgIpc) is 3.09. The Morgan fingerprint density at radius 1 is 0.653 bits per heavy atom. The van der Waals surface area contributed by atoms with Gasteiger partial charge in [0.2, 0.25) is 0 Å². The topological polar surface area (TPSA) is 157 Å². The van der Waals surface area contributed by atoms with Crippen LogP contribution in [0, 0.1) is 0 Å². The lowest BCUT2D eigenvalue weighted by atomic mass is 10.2. The Balaban J connectivity index is 1.59. The molecule has 2 aromatic rings. The molecular formula is C36H49NO12. The second kappa shape index (κ2) is 24.5. The number of aliphatic hydroxyl groups excluding tert-OH is 1. The number of carbonyl (C=O) groups is 3. The molecule has 0 saturated carbocycles. The van der Waals surface area contributed by atoms with Crippen molar-refractivity contribution in [2.45, 2.75) is 45.3 Å². The van der Waals surface area contributed by atoms with Crippen molar-refractivity contribution in [1.29, 1.82) is 0 Å². The van der Waals surface area contributed by atoms with Crippen LogP contribution in [0.1, 0.15) is 33.1 Å². The maximum atomic E-state index is 12.3. The molecule has 49 heavy (non-hydrogen) atoms. The van der Waals surface area contributed by atoms with E-state index in [2.05, 4.69) is 18.5 Å². The number of aliphatic hydroxyl groups is 1. The number of hydrogen-bond donors (Lipinski definition) is 2. The summed E-state index contributed by atoms with van der Waals surface area (Å²) in [6.07, 6.45) is -0.242. The molecule has 0 heterocycles. The summed E-state index contributed by atoms with van der Waals surface area (Å²) < 4.78 is 43.5. The molecule has 0 spiro atoms. The number of benzene rings is 2. The lowest BCUT2D eigenvalue weighted by Gasteiger charge is -2.18. The van der Waals surface area contributed by atoms with Crippen LogP contribution in [0.2, 0.25) is 0 Å². The number of carbonyl (C=O) groups excluding carboxylic acids is 3. The van der Waals surface area contributed by atoms with Gasteiger partial charge in [0.25, 0.3) is 0 Å². The third-order valence-corrected chi connectivity index (χ3v) is 6.31. The number of nitrogens with one attached hydrogen (secondary N) is 1. The molecule has 2 rings (SSSR count). The highest BCUT2D eigenvalue weighted by Gasteiger charge is 2.18. The van der Waals surface area contributed by atoms with E-state index in [1.807, 2.05) is 30.3 Å². The van der Waals surface area contributed by atoms with E-state index >= 15 is 0 Å². The summed E-state index contributed by atoms with van der Waals surface area (Å²) in [6.45, 7) is 11.8. The Morgan fingerprint density at radius 3 is 1.84 bits per heavy atom. The monoisotopic (exact) mass is 687 g/mol. The van der Waals surface area contributed by atoms with E-state index in [1.165, 1.54) is 6.92 Å². The van der Waals surface area contributed by atoms with Gasteiger partial charge in [-0.1, -0.05) is 31.4 Å². The van der Waals surface area contributed by atoms with Gasteiger partial charge >= 0.3 is 18.0 Å². The minimum absolute atomic E-state index is 0.0275. The summed E-state index contributed by atoms with van der Waals surface area (Å²) in [5.74, 6) is 0.893. The Hall–Kier alpha value is -4.59. The lowest BCUT2D eigenvalue weighted by Crippen LogP contribution is -2.35. The normalized spacial score (nSPS) is 11.8. The molecule has 2 atom stereocenters. The molecule has 0 aliphatic heterocycles. The summed E-state index contributed by atoms with van der Waals surface area (Å²) in [7, 11) is 0. The SMILES string of the molecule is C=C(C)C(=O)OCCCCCNC(=O)OC(COCCOc1ccc(OCCOCC(O)COc2ccccc2)cc1)COC(=O)C(=C)C. The first kappa shape index (κ1) is 40.6. The minimum Gasteiger partial charge on any atom is -0.491 e. The van der Waals surface area contributed by atoms with Crippen molar-refractivity contribution in [3.8, 4) is 17.2 Å². The van der Waals surface area contributed by atoms with Gasteiger partial charge in [0.15, 0.2) is 6.10 Å². The Bertz CT molecular complexity index is 1270. The molecule has 0 aliphatic carbocycles. The van der Waals surface area contributed by atoms with E-state index in [4.69, 9.17) is 37.9 Å². The first-order valence-electron chi connectivity index (χ1n) is 16.1. The summed E-state index contributed by atoms with van der Waals surface area (Å²) in [5.41, 5.74) is 0.567. The van der Waals surface area contributed by atoms with Gasteiger partial charge in [0.05, 0.1) is 33.0 Å². The van der Waals surface area contributed by atoms with Crippen LogP contribution in [0.3, 0.4) is 0 Å². The van der Waals surface area contributed by atoms with Gasteiger partial charge in [-0.3, -0.25) is 0 Å². The van der Waals surface area contributed by atoms with Gasteiger partial charge in [-0.05, 0) is 69.5 Å². The molecule has 2 N–H and O–H groups in total. The zero-order valence-electron chi connectivity index (χ0n) is 28.4. The van der Waals surface area contributed by atoms with Gasteiger partial charge in [-0.25, -0.2) is 14.4 Å². The number of rotatable bonds is 26. The number of amides is 1. The Morgan fingerprint density at radius 2 is 1.22 bits per heavy atom. The largest absolute Gasteiger partial charge is 0.491 e. The minimum atomic E-state index is -0.851. The van der Waals surface area contributed by atoms with Crippen LogP contribution >= 0.6 is 0 Å². The highest BCUT2D eigenvalue weighted by molar-refractivity contribution is 5.87. The quantitative estimate of drug-likeness (QED) is 0.0622. The molecular weight excluding hydrogens is 638 g/mol. The third-order valence-electron chi connectivity index (χ3n) is 6.31. The van der Waals surface area contributed by atoms with E-state index < -0.39 is 30.2 Å². The summed E-state index contributed by atoms with van der Waals surface area (Å²) in [4.78, 5) is 35.5. The molecule has 2 aromatic carbocycles. The highest BCUT2D eigenvalue weighted by Crippen LogP contribution is 2.17. The molecule has 1 amide bonds. The molecule has 2 unspecified atom stereocenters. The lowest BCUT2D eigenvalue weighted by molar-refractivity contribution is -0.143. The van der Waals surface area contributed by atoms with Crippen molar-refractivity contribution in [3.05, 3.63) is 78.9 Å². The molecule has 270 valence electrons. The molecule has 13 heteroatoms. The second-order valence-electron chi connectivity index (χ2n) is 10.9. The van der Waals surface area contributed by atoms with Crippen LogP contribution in [-0.4, -0.2) is 101 Å². The molecule has 0 aromatic heterocycles. The fourth-order valence-corrected chi connectivity index (χ4v) is 3.74. The molecule has 0 bridgehead atoms. The second-order valence-corrected chi connectivity index (χ2v) is 10.9. The number of para-hydroxylation sites is 1. The molecule has 13 nitrogen and oxygen atoms in total. The molecule has 0 aliphatic rings. The smallest absolute Gasteiger partial charge is 0.407 e. The zero-order chi connectivity index (χ0) is 35.7. The van der Waals surface area contributed by atoms with Crippen LogP contribution in [0.25, 0.3) is 0 Å². The van der Waals surface area contributed by atoms with Crippen LogP contribution in [0.15, 0.2) is 78.9 Å². The Labute approximate surface area is 288 Å². The zero-order valence-corrected chi connectivity index (χ0v) is 28.4. The van der Waals surface area contributed by atoms with Crippen molar-refractivity contribution in [3.63, 3.8) is 0 Å². The van der Waals surface area contributed by atoms with E-state index in [0.717, 1.165) is 6.42 Å². The predicted octanol–water partition coefficient (Wildman–Crippen LogP) is 4.42. The van der Waals surface area contributed by atoms with Crippen molar-refractivity contribution in [2.24, 2.45) is 0 Å². The number of alkyl carbamates (subject to hydrolysis) is 1. The van der Waals surface area contributed by atoms with Gasteiger partial charge in [0.1, 0.15) is 49.8 Å². The van der Waals surface area contributed by atoms with Crippen molar-refractivity contribution >= 4 is 18.0 Å². The maximum absolute atomic E-state index is 12.3. The van der Waals surface area contributed by atoms with E-state index in [1.54, 1.807) is 31.2 Å². The predicted molar refractivity (Wildman–Crippen MR) is 181 cm³/mol. The average molecular weight is 688 g/mol. The number of ether oxygens (including phenoxy) is 8. The summed E-state index contributed by atoms with van der Waals surface area (Å²) in [6, 6.07) is 16.3. The summed E-state index contributed by atoms with van der Waals surface area (Å²) >= 11 is 0. The highest BCUT2D eigenvalue weighted by atomic mass is 16.6. The van der Waals surface area contributed by atoms with Crippen molar-refractivity contribution < 1.29 is 57.4 Å². The molecule has 0 radical (unpaired) electrons. The standard InChI is InChI=1S/C36H49NO12/c1-27(2)34(39)46-18-10-6-9-17-37-36(41)49-33(26-48-35(40)28(3)4)25-43-20-22-45-32-15-13-31(14-16-32)44-21-19-42-23-29(38)24-47-30-11-7-5-8-12-30/h5,7-8,11-16,29,33,38H,1,3,6,9-10,17-26H2,2,4H3,(H,37,41). The van der Waals surface area contributed by atoms with E-state index in [9.17, 15) is 19.5 Å².